The topological polar surface area (TPSA) is 386 Å². The molecule has 2 saturated heterocycles. The van der Waals surface area contributed by atoms with Gasteiger partial charge in [0.1, 0.15) is 59.8 Å². The zero-order valence-corrected chi connectivity index (χ0v) is 48.2. The van der Waals surface area contributed by atoms with Gasteiger partial charge in [-0.15, -0.1) is 0 Å². The van der Waals surface area contributed by atoms with Crippen LogP contribution >= 0.6 is 21.6 Å². The Hall–Kier alpha value is -7.42. The van der Waals surface area contributed by atoms with Crippen LogP contribution in [0.3, 0.4) is 0 Å². The summed E-state index contributed by atoms with van der Waals surface area (Å²) in [5.41, 5.74) is 19.0. The van der Waals surface area contributed by atoms with Crippen LogP contribution in [0, 0.1) is 0 Å². The number of hydrogen-bond donors (Lipinski definition) is 12. The van der Waals surface area contributed by atoms with Crippen LogP contribution in [0.15, 0.2) is 78.9 Å². The highest BCUT2D eigenvalue weighted by Gasteiger charge is 2.43. The first-order valence-electron chi connectivity index (χ1n) is 27.8. The van der Waals surface area contributed by atoms with Crippen LogP contribution in [0.4, 0.5) is 0 Å². The number of likely N-dealkylation sites (tertiary alicyclic amines) is 1. The number of ether oxygens (including phenoxy) is 1. The number of phenols is 1. The lowest BCUT2D eigenvalue weighted by Crippen LogP contribution is -2.62. The second kappa shape index (κ2) is 31.3. The van der Waals surface area contributed by atoms with Crippen molar-refractivity contribution in [3.8, 4) is 11.5 Å². The molecule has 15 N–H and O–H groups in total. The number of aliphatic hydroxyl groups excluding tert-OH is 1. The number of primary amides is 2. The van der Waals surface area contributed by atoms with Crippen LogP contribution in [-0.2, 0) is 67.2 Å². The van der Waals surface area contributed by atoms with Gasteiger partial charge < -0.3 is 74.3 Å². The van der Waals surface area contributed by atoms with Crippen LogP contribution < -0.4 is 59.2 Å². The smallest absolute Gasteiger partial charge is 0.246 e. The summed E-state index contributed by atoms with van der Waals surface area (Å²) in [5, 5.41) is 39.4. The molecule has 1 aliphatic carbocycles. The fraction of sp³-hybridized carbons (Fsp3) is 0.509. The van der Waals surface area contributed by atoms with E-state index in [1.807, 2.05) is 0 Å². The van der Waals surface area contributed by atoms with Gasteiger partial charge in [-0.05, 0) is 92.9 Å². The maximum Gasteiger partial charge on any atom is 0.246 e. The SMILES string of the molecule is COc1ccc(CC2NC(=O)CC3(CCCCC3)SSCC(C(=O)N3CCC[C@H]3C(=O)N[C@@H](CCCN)C(=O)N[C@@H](Cc3ccc(O)cc3)C(N)=O)NC(=O)[C@H](CC(N)=O)NC(=O)[C@H]([C@@H](C)O)NC(=O)C(Cc3ccccc3)NC2=O)cc1. The van der Waals surface area contributed by atoms with Gasteiger partial charge in [0, 0.05) is 42.7 Å². The number of carbonyl (C=O) groups excluding carboxylic acids is 10. The molecule has 3 fully saturated rings. The summed E-state index contributed by atoms with van der Waals surface area (Å²) in [4.78, 5) is 142. The second-order valence-electron chi connectivity index (χ2n) is 21.2. The number of phenolic OH excluding ortho intramolecular Hbond substituents is 1. The van der Waals surface area contributed by atoms with Gasteiger partial charge >= 0.3 is 0 Å². The summed E-state index contributed by atoms with van der Waals surface area (Å²) in [6, 6.07) is 10.3. The summed E-state index contributed by atoms with van der Waals surface area (Å²) in [6.07, 6.45) is 1.71. The molecule has 1 saturated carbocycles. The summed E-state index contributed by atoms with van der Waals surface area (Å²) in [6.45, 7) is 1.38. The number of nitrogens with zero attached hydrogens (tertiary/aromatic N) is 1. The molecule has 1 spiro atoms. The van der Waals surface area contributed by atoms with Crippen molar-refractivity contribution >= 4 is 80.7 Å². The molecule has 0 aromatic heterocycles. The minimum atomic E-state index is -1.79. The fourth-order valence-electron chi connectivity index (χ4n) is 10.3. The monoisotopic (exact) mass is 1190 g/mol. The lowest BCUT2D eigenvalue weighted by molar-refractivity contribution is -0.142. The first kappa shape index (κ1) is 64.7. The first-order valence-corrected chi connectivity index (χ1v) is 30.1. The number of nitrogens with two attached hydrogens (primary N) is 3. The molecular weight excluding hydrogens is 1110 g/mol. The Morgan fingerprint density at radius 3 is 1.99 bits per heavy atom. The standard InChI is InChI=1S/C57H77N11O13S2/c1-33(69)48-55(79)65-43(30-46(59)71)52(76)66-44(56(80)68-26-10-14-45(68)54(78)62-39(13-9-25-58)50(74)63-40(49(60)73)27-35-15-19-37(70)20-16-35)32-82-83-57(23-7-4-8-24-57)31-47(72)61-41(29-36-17-21-38(81-2)22-18-36)51(75)64-42(53(77)67-48)28-34-11-5-3-6-12-34/h3,5-6,11-12,15-22,33,39-45,48,69-70H,4,7-10,13-14,23-32,58H2,1-2H3,(H2,59,71)(H2,60,73)(H,61,72)(H,62,78)(H,63,74)(H,64,75)(H,65,79)(H,66,76)(H,67,77)/t33-,39+,40+,41?,42?,43+,44?,45+,48+/m1/s1. The molecular formula is C57H77N11O13S2. The highest BCUT2D eigenvalue weighted by atomic mass is 33.1. The van der Waals surface area contributed by atoms with E-state index >= 15 is 4.79 Å². The maximum absolute atomic E-state index is 15.0. The van der Waals surface area contributed by atoms with Gasteiger partial charge in [0.25, 0.3) is 0 Å². The summed E-state index contributed by atoms with van der Waals surface area (Å²) in [5.74, 6) is -7.99. The van der Waals surface area contributed by atoms with Gasteiger partial charge in [0.2, 0.25) is 59.1 Å². The molecule has 2 heterocycles. The molecule has 0 radical (unpaired) electrons. The van der Waals surface area contributed by atoms with Crippen molar-refractivity contribution < 1.29 is 62.9 Å². The summed E-state index contributed by atoms with van der Waals surface area (Å²) < 4.78 is 4.59. The summed E-state index contributed by atoms with van der Waals surface area (Å²) >= 11 is 0. The number of amides is 10. The fourth-order valence-corrected chi connectivity index (χ4v) is 13.7. The van der Waals surface area contributed by atoms with Crippen LogP contribution in [0.25, 0.3) is 0 Å². The predicted molar refractivity (Wildman–Crippen MR) is 310 cm³/mol. The number of aromatic hydroxyl groups is 1. The molecule has 10 amide bonds. The normalized spacial score (nSPS) is 23.1. The molecule has 26 heteroatoms. The molecule has 6 rings (SSSR count). The lowest BCUT2D eigenvalue weighted by atomic mass is 9.85. The van der Waals surface area contributed by atoms with E-state index in [4.69, 9.17) is 21.9 Å². The van der Waals surface area contributed by atoms with E-state index in [1.54, 1.807) is 66.7 Å². The molecule has 450 valence electrons. The van der Waals surface area contributed by atoms with Gasteiger partial charge in [-0.1, -0.05) is 95.4 Å². The molecule has 24 nitrogen and oxygen atoms in total. The largest absolute Gasteiger partial charge is 0.508 e. The third-order valence-electron chi connectivity index (χ3n) is 14.8. The molecule has 2 aliphatic heterocycles. The van der Waals surface area contributed by atoms with E-state index in [9.17, 15) is 53.4 Å². The Morgan fingerprint density at radius 1 is 0.747 bits per heavy atom. The van der Waals surface area contributed by atoms with E-state index in [2.05, 4.69) is 37.2 Å². The van der Waals surface area contributed by atoms with Crippen molar-refractivity contribution in [3.05, 3.63) is 95.6 Å². The number of rotatable bonds is 19. The number of carbonyl (C=O) groups is 10. The average molecular weight is 1190 g/mol. The number of hydrogen-bond acceptors (Lipinski definition) is 16. The van der Waals surface area contributed by atoms with Gasteiger partial charge in [0.05, 0.1) is 19.6 Å². The third-order valence-corrected chi connectivity index (χ3v) is 18.1. The first-order chi connectivity index (χ1) is 39.7. The quantitative estimate of drug-likeness (QED) is 0.0691. The van der Waals surface area contributed by atoms with Crippen molar-refractivity contribution in [2.75, 3.05) is 26.0 Å². The molecule has 9 atom stereocenters. The van der Waals surface area contributed by atoms with Gasteiger partial charge in [0.15, 0.2) is 0 Å². The highest BCUT2D eigenvalue weighted by molar-refractivity contribution is 8.77. The Bertz CT molecular complexity index is 2750. The minimum absolute atomic E-state index is 0.00546. The zero-order valence-electron chi connectivity index (χ0n) is 46.6. The Morgan fingerprint density at radius 2 is 1.36 bits per heavy atom. The van der Waals surface area contributed by atoms with Crippen molar-refractivity contribution in [1.82, 2.24) is 42.1 Å². The Kier molecular flexibility index (Phi) is 24.4. The average Bonchev–Trinajstić information content (AvgIpc) is 4.18. The predicted octanol–water partition coefficient (Wildman–Crippen LogP) is -0.218. The van der Waals surface area contributed by atoms with Crippen molar-refractivity contribution in [1.29, 1.82) is 0 Å². The van der Waals surface area contributed by atoms with E-state index in [-0.39, 0.29) is 69.5 Å². The van der Waals surface area contributed by atoms with Gasteiger partial charge in [-0.25, -0.2) is 0 Å². The maximum atomic E-state index is 15.0. The van der Waals surface area contributed by atoms with E-state index < -0.39 is 125 Å². The Labute approximate surface area is 489 Å². The van der Waals surface area contributed by atoms with Crippen molar-refractivity contribution in [2.24, 2.45) is 17.2 Å². The molecule has 83 heavy (non-hydrogen) atoms. The van der Waals surface area contributed by atoms with E-state index in [0.717, 1.165) is 19.3 Å². The van der Waals surface area contributed by atoms with Crippen LogP contribution in [-0.4, -0.2) is 159 Å². The number of benzene rings is 3. The number of methoxy groups -OCH3 is 1. The minimum Gasteiger partial charge on any atom is -0.508 e. The zero-order chi connectivity index (χ0) is 60.2. The molecule has 0 bridgehead atoms. The Balaban J connectivity index is 1.32. The molecule has 3 unspecified atom stereocenters. The van der Waals surface area contributed by atoms with E-state index in [0.29, 0.717) is 41.7 Å². The van der Waals surface area contributed by atoms with Crippen LogP contribution in [0.2, 0.25) is 0 Å². The van der Waals surface area contributed by atoms with Crippen molar-refractivity contribution in [3.63, 3.8) is 0 Å². The number of nitrogens with one attached hydrogen (secondary N) is 7. The summed E-state index contributed by atoms with van der Waals surface area (Å²) in [7, 11) is 4.04. The second-order valence-corrected chi connectivity index (χ2v) is 24.1. The molecule has 3 aromatic carbocycles. The van der Waals surface area contributed by atoms with Crippen LogP contribution in [0.1, 0.15) is 94.2 Å². The van der Waals surface area contributed by atoms with E-state index in [1.165, 1.54) is 52.7 Å². The van der Waals surface area contributed by atoms with Crippen LogP contribution in [0.5, 0.6) is 11.5 Å². The highest BCUT2D eigenvalue weighted by Crippen LogP contribution is 2.48. The molecule has 3 aliphatic rings. The third kappa shape index (κ3) is 19.3. The number of aliphatic hydroxyl groups is 1. The van der Waals surface area contributed by atoms with Gasteiger partial charge in [-0.3, -0.25) is 47.9 Å². The lowest BCUT2D eigenvalue weighted by Gasteiger charge is -2.37. The van der Waals surface area contributed by atoms with Gasteiger partial charge in [-0.2, -0.15) is 0 Å². The van der Waals surface area contributed by atoms with Crippen molar-refractivity contribution in [2.45, 2.75) is 156 Å². The molecule has 3 aromatic rings.